The van der Waals surface area contributed by atoms with Gasteiger partial charge in [-0.2, -0.15) is 0 Å². The van der Waals surface area contributed by atoms with Gasteiger partial charge in [0.2, 0.25) is 0 Å². The first-order valence-electron chi connectivity index (χ1n) is 7.25. The Morgan fingerprint density at radius 3 is 1.88 bits per heavy atom. The predicted octanol–water partition coefficient (Wildman–Crippen LogP) is 3.26. The Labute approximate surface area is 103 Å². The van der Waals surface area contributed by atoms with Crippen molar-refractivity contribution in [2.24, 2.45) is 11.7 Å². The van der Waals surface area contributed by atoms with Crippen molar-refractivity contribution in [1.29, 1.82) is 0 Å². The number of likely N-dealkylation sites (tertiary alicyclic amines) is 1. The number of nitrogens with two attached hydrogens (primary N) is 1. The van der Waals surface area contributed by atoms with E-state index in [9.17, 15) is 0 Å². The summed E-state index contributed by atoms with van der Waals surface area (Å²) in [6.07, 6.45) is 10.4. The highest BCUT2D eigenvalue weighted by molar-refractivity contribution is 4.73. The second kappa shape index (κ2) is 11.4. The van der Waals surface area contributed by atoms with Gasteiger partial charge in [0.25, 0.3) is 0 Å². The van der Waals surface area contributed by atoms with Gasteiger partial charge >= 0.3 is 0 Å². The molecule has 0 aromatic heterocycles. The highest BCUT2D eigenvalue weighted by atomic mass is 15.1. The van der Waals surface area contributed by atoms with Crippen LogP contribution in [0.2, 0.25) is 0 Å². The van der Waals surface area contributed by atoms with E-state index < -0.39 is 0 Å². The van der Waals surface area contributed by atoms with Crippen LogP contribution in [-0.4, -0.2) is 31.6 Å². The van der Waals surface area contributed by atoms with E-state index in [0.29, 0.717) is 0 Å². The quantitative estimate of drug-likeness (QED) is 0.786. The zero-order valence-electron chi connectivity index (χ0n) is 11.7. The third-order valence-corrected chi connectivity index (χ3v) is 3.44. The van der Waals surface area contributed by atoms with Gasteiger partial charge in [0.1, 0.15) is 0 Å². The van der Waals surface area contributed by atoms with Crippen molar-refractivity contribution in [1.82, 2.24) is 4.90 Å². The van der Waals surface area contributed by atoms with E-state index in [1.165, 1.54) is 71.6 Å². The molecule has 1 aliphatic carbocycles. The standard InChI is InChI=1S/C11H21N.C2H6.CH5N/c1-2-6-11(7-3-1)10-12-8-4-5-9-12;2*1-2/h11H,1-10H2;1-2H3;2H2,1H3. The van der Waals surface area contributed by atoms with Crippen LogP contribution in [0.5, 0.6) is 0 Å². The smallest absolute Gasteiger partial charge is 0.000966 e. The number of nitrogens with zero attached hydrogens (tertiary/aromatic N) is 1. The topological polar surface area (TPSA) is 29.3 Å². The van der Waals surface area contributed by atoms with Crippen molar-refractivity contribution in [2.45, 2.75) is 58.8 Å². The maximum atomic E-state index is 4.50. The van der Waals surface area contributed by atoms with E-state index >= 15 is 0 Å². The summed E-state index contributed by atoms with van der Waals surface area (Å²) in [6, 6.07) is 0. The van der Waals surface area contributed by atoms with Gasteiger partial charge in [0.15, 0.2) is 0 Å². The Morgan fingerprint density at radius 1 is 0.875 bits per heavy atom. The summed E-state index contributed by atoms with van der Waals surface area (Å²) in [5.74, 6) is 1.05. The van der Waals surface area contributed by atoms with E-state index in [1.807, 2.05) is 13.8 Å². The molecule has 0 bridgehead atoms. The van der Waals surface area contributed by atoms with Gasteiger partial charge in [-0.1, -0.05) is 33.1 Å². The molecule has 2 heteroatoms. The largest absolute Gasteiger partial charge is 0.333 e. The van der Waals surface area contributed by atoms with Crippen molar-refractivity contribution in [3.05, 3.63) is 0 Å². The SMILES string of the molecule is C1CCC(CN2CCCC2)CC1.CC.CN. The molecule has 2 N–H and O–H groups in total. The number of hydrogen-bond donors (Lipinski definition) is 1. The maximum Gasteiger partial charge on any atom is 0.000966 e. The Balaban J connectivity index is 0.000000509. The molecule has 98 valence electrons. The minimum Gasteiger partial charge on any atom is -0.333 e. The molecule has 0 spiro atoms. The van der Waals surface area contributed by atoms with Crippen LogP contribution in [0, 0.1) is 5.92 Å². The van der Waals surface area contributed by atoms with Crippen LogP contribution in [-0.2, 0) is 0 Å². The molecule has 1 heterocycles. The molecule has 1 aliphatic heterocycles. The first-order valence-corrected chi connectivity index (χ1v) is 7.25. The normalized spacial score (nSPS) is 21.8. The molecule has 0 atom stereocenters. The number of rotatable bonds is 2. The molecule has 0 unspecified atom stereocenters. The molecule has 2 rings (SSSR count). The second-order valence-electron chi connectivity index (χ2n) is 4.51. The van der Waals surface area contributed by atoms with Crippen molar-refractivity contribution >= 4 is 0 Å². The Hall–Kier alpha value is -0.0800. The Kier molecular flexibility index (Phi) is 11.3. The monoisotopic (exact) mass is 228 g/mol. The van der Waals surface area contributed by atoms with Gasteiger partial charge in [-0.3, -0.25) is 0 Å². The molecule has 1 saturated heterocycles. The van der Waals surface area contributed by atoms with Crippen LogP contribution in [0.1, 0.15) is 58.8 Å². The molecular formula is C14H32N2. The van der Waals surface area contributed by atoms with Gasteiger partial charge in [0, 0.05) is 6.54 Å². The summed E-state index contributed by atoms with van der Waals surface area (Å²) in [5, 5.41) is 0. The summed E-state index contributed by atoms with van der Waals surface area (Å²) in [4.78, 5) is 2.68. The first-order chi connectivity index (χ1) is 7.95. The highest BCUT2D eigenvalue weighted by Gasteiger charge is 2.18. The van der Waals surface area contributed by atoms with Crippen molar-refractivity contribution in [2.75, 3.05) is 26.7 Å². The summed E-state index contributed by atoms with van der Waals surface area (Å²) >= 11 is 0. The lowest BCUT2D eigenvalue weighted by Gasteiger charge is -2.26. The highest BCUT2D eigenvalue weighted by Crippen LogP contribution is 2.25. The van der Waals surface area contributed by atoms with Crippen molar-refractivity contribution in [3.63, 3.8) is 0 Å². The molecule has 2 fully saturated rings. The van der Waals surface area contributed by atoms with Gasteiger partial charge in [-0.15, -0.1) is 0 Å². The molecule has 0 radical (unpaired) electrons. The van der Waals surface area contributed by atoms with E-state index in [4.69, 9.17) is 0 Å². The average Bonchev–Trinajstić information content (AvgIpc) is 2.88. The fourth-order valence-electron chi connectivity index (χ4n) is 2.70. The zero-order valence-corrected chi connectivity index (χ0v) is 11.7. The van der Waals surface area contributed by atoms with E-state index in [2.05, 4.69) is 10.6 Å². The van der Waals surface area contributed by atoms with E-state index in [-0.39, 0.29) is 0 Å². The van der Waals surface area contributed by atoms with Gasteiger partial charge in [-0.25, -0.2) is 0 Å². The molecule has 2 aliphatic rings. The fraction of sp³-hybridized carbons (Fsp3) is 1.00. The summed E-state index contributed by atoms with van der Waals surface area (Å²) < 4.78 is 0. The van der Waals surface area contributed by atoms with Crippen LogP contribution in [0.25, 0.3) is 0 Å². The average molecular weight is 228 g/mol. The number of hydrogen-bond acceptors (Lipinski definition) is 2. The van der Waals surface area contributed by atoms with Crippen LogP contribution in [0.3, 0.4) is 0 Å². The molecule has 0 aromatic rings. The van der Waals surface area contributed by atoms with E-state index in [1.54, 1.807) is 0 Å². The zero-order chi connectivity index (χ0) is 12.2. The first kappa shape index (κ1) is 15.9. The van der Waals surface area contributed by atoms with Crippen molar-refractivity contribution in [3.8, 4) is 0 Å². The van der Waals surface area contributed by atoms with Crippen molar-refractivity contribution < 1.29 is 0 Å². The summed E-state index contributed by atoms with van der Waals surface area (Å²) in [5.41, 5.74) is 4.50. The lowest BCUT2D eigenvalue weighted by Crippen LogP contribution is -2.27. The Morgan fingerprint density at radius 2 is 1.38 bits per heavy atom. The third kappa shape index (κ3) is 6.49. The lowest BCUT2D eigenvalue weighted by molar-refractivity contribution is 0.234. The van der Waals surface area contributed by atoms with Crippen LogP contribution in [0.15, 0.2) is 0 Å². The second-order valence-corrected chi connectivity index (χ2v) is 4.51. The van der Waals surface area contributed by atoms with Gasteiger partial charge in [0.05, 0.1) is 0 Å². The van der Waals surface area contributed by atoms with Gasteiger partial charge in [-0.05, 0) is 51.7 Å². The molecular weight excluding hydrogens is 196 g/mol. The van der Waals surface area contributed by atoms with E-state index in [0.717, 1.165) is 5.92 Å². The summed E-state index contributed by atoms with van der Waals surface area (Å²) in [6.45, 7) is 8.19. The summed E-state index contributed by atoms with van der Waals surface area (Å²) in [7, 11) is 1.50. The predicted molar refractivity (Wildman–Crippen MR) is 73.7 cm³/mol. The molecule has 0 amide bonds. The Bertz CT molecular complexity index is 125. The molecule has 2 nitrogen and oxygen atoms in total. The van der Waals surface area contributed by atoms with Crippen LogP contribution < -0.4 is 5.73 Å². The molecule has 16 heavy (non-hydrogen) atoms. The molecule has 1 saturated carbocycles. The van der Waals surface area contributed by atoms with Crippen LogP contribution >= 0.6 is 0 Å². The maximum absolute atomic E-state index is 4.50. The lowest BCUT2D eigenvalue weighted by atomic mass is 9.89. The third-order valence-electron chi connectivity index (χ3n) is 3.44. The van der Waals surface area contributed by atoms with Crippen LogP contribution in [0.4, 0.5) is 0 Å². The minimum atomic E-state index is 1.05. The molecule has 0 aromatic carbocycles. The fourth-order valence-corrected chi connectivity index (χ4v) is 2.70. The van der Waals surface area contributed by atoms with Gasteiger partial charge < -0.3 is 10.6 Å². The minimum absolute atomic E-state index is 1.05.